The number of nitrogens with zero attached hydrogens (tertiary/aromatic N) is 2. The quantitative estimate of drug-likeness (QED) is 0.902. The Morgan fingerprint density at radius 3 is 2.77 bits per heavy atom. The molecule has 118 valence electrons. The first-order valence-corrected chi connectivity index (χ1v) is 8.66. The van der Waals surface area contributed by atoms with Crippen molar-refractivity contribution in [1.29, 1.82) is 5.26 Å². The summed E-state index contributed by atoms with van der Waals surface area (Å²) in [7, 11) is -2.41. The third-order valence-corrected chi connectivity index (χ3v) is 6.04. The maximum absolute atomic E-state index is 12.8. The Labute approximate surface area is 134 Å². The van der Waals surface area contributed by atoms with E-state index < -0.39 is 16.1 Å². The van der Waals surface area contributed by atoms with Gasteiger partial charge in [0, 0.05) is 13.6 Å². The summed E-state index contributed by atoms with van der Waals surface area (Å²) in [6.45, 7) is 0.275. The number of benzene rings is 1. The van der Waals surface area contributed by atoms with Crippen LogP contribution in [0.25, 0.3) is 0 Å². The lowest BCUT2D eigenvalue weighted by molar-refractivity contribution is -0.125. The van der Waals surface area contributed by atoms with Gasteiger partial charge in [-0.2, -0.15) is 9.57 Å². The number of amides is 1. The summed E-state index contributed by atoms with van der Waals surface area (Å²) in [4.78, 5) is 11.9. The number of hydrogen-bond acceptors (Lipinski definition) is 4. The van der Waals surface area contributed by atoms with E-state index in [-0.39, 0.29) is 27.9 Å². The molecule has 1 N–H and O–H groups in total. The van der Waals surface area contributed by atoms with E-state index in [2.05, 4.69) is 5.32 Å². The van der Waals surface area contributed by atoms with Gasteiger partial charge in [-0.15, -0.1) is 0 Å². The number of nitriles is 1. The molecule has 22 heavy (non-hydrogen) atoms. The molecule has 0 bridgehead atoms. The van der Waals surface area contributed by atoms with Crippen molar-refractivity contribution in [2.45, 2.75) is 30.2 Å². The number of halogens is 1. The molecule has 1 atom stereocenters. The second-order valence-electron chi connectivity index (χ2n) is 5.00. The molecule has 1 aromatic carbocycles. The minimum Gasteiger partial charge on any atom is -0.358 e. The van der Waals surface area contributed by atoms with Gasteiger partial charge in [-0.1, -0.05) is 18.0 Å². The first-order chi connectivity index (χ1) is 10.4. The highest BCUT2D eigenvalue weighted by molar-refractivity contribution is 7.89. The van der Waals surface area contributed by atoms with Crippen molar-refractivity contribution in [3.8, 4) is 6.07 Å². The van der Waals surface area contributed by atoms with Gasteiger partial charge >= 0.3 is 0 Å². The molecule has 1 amide bonds. The summed E-state index contributed by atoms with van der Waals surface area (Å²) in [6, 6.07) is 5.20. The highest BCUT2D eigenvalue weighted by Crippen LogP contribution is 2.30. The molecule has 1 saturated heterocycles. The van der Waals surface area contributed by atoms with Gasteiger partial charge in [-0.25, -0.2) is 8.42 Å². The van der Waals surface area contributed by atoms with Crippen LogP contribution in [0.15, 0.2) is 23.1 Å². The Hall–Kier alpha value is -1.62. The molecule has 0 aliphatic carbocycles. The summed E-state index contributed by atoms with van der Waals surface area (Å²) in [5, 5.41) is 11.3. The van der Waals surface area contributed by atoms with Crippen LogP contribution in [-0.2, 0) is 14.8 Å². The molecule has 8 heteroatoms. The van der Waals surface area contributed by atoms with Gasteiger partial charge in [-0.3, -0.25) is 4.79 Å². The Bertz CT molecular complexity index is 727. The molecule has 0 radical (unpaired) electrons. The van der Waals surface area contributed by atoms with Crippen molar-refractivity contribution < 1.29 is 13.2 Å². The number of carbonyl (C=O) groups excluding carboxylic acids is 1. The van der Waals surface area contributed by atoms with Crippen molar-refractivity contribution in [3.63, 3.8) is 0 Å². The molecule has 0 aromatic heterocycles. The summed E-state index contributed by atoms with van der Waals surface area (Å²) in [5.41, 5.74) is 0.283. The third-order valence-electron chi connectivity index (χ3n) is 3.65. The number of piperidine rings is 1. The summed E-state index contributed by atoms with van der Waals surface area (Å²) in [5.74, 6) is -0.326. The number of nitrogens with one attached hydrogen (secondary N) is 1. The second kappa shape index (κ2) is 6.65. The standard InChI is InChI=1S/C14H16ClN3O3S/c1-17-14(19)12-4-2-3-7-18(12)22(20,21)13-6-5-10(9-16)8-11(13)15/h5-6,8,12H,2-4,7H2,1H3,(H,17,19). The van der Waals surface area contributed by atoms with E-state index in [0.29, 0.717) is 12.8 Å². The minimum atomic E-state index is -3.89. The highest BCUT2D eigenvalue weighted by atomic mass is 35.5. The molecule has 1 fully saturated rings. The lowest BCUT2D eigenvalue weighted by Gasteiger charge is -2.33. The van der Waals surface area contributed by atoms with Crippen molar-refractivity contribution in [1.82, 2.24) is 9.62 Å². The second-order valence-corrected chi connectivity index (χ2v) is 7.26. The van der Waals surface area contributed by atoms with Crippen molar-refractivity contribution in [3.05, 3.63) is 28.8 Å². The van der Waals surface area contributed by atoms with Gasteiger partial charge in [0.25, 0.3) is 0 Å². The zero-order valence-electron chi connectivity index (χ0n) is 12.0. The van der Waals surface area contributed by atoms with Crippen LogP contribution in [0.4, 0.5) is 0 Å². The summed E-state index contributed by atoms with van der Waals surface area (Å²) >= 11 is 6.02. The fourth-order valence-electron chi connectivity index (χ4n) is 2.53. The van der Waals surface area contributed by atoms with Gasteiger partial charge in [-0.05, 0) is 31.0 Å². The zero-order chi connectivity index (χ0) is 16.3. The first kappa shape index (κ1) is 16.7. The first-order valence-electron chi connectivity index (χ1n) is 6.85. The molecule has 0 saturated carbocycles. The molecule has 1 unspecified atom stereocenters. The molecule has 1 aromatic rings. The van der Waals surface area contributed by atoms with E-state index in [1.54, 1.807) is 0 Å². The van der Waals surface area contributed by atoms with E-state index in [1.807, 2.05) is 6.07 Å². The number of hydrogen-bond donors (Lipinski definition) is 1. The van der Waals surface area contributed by atoms with E-state index in [4.69, 9.17) is 16.9 Å². The van der Waals surface area contributed by atoms with Crippen LogP contribution in [-0.4, -0.2) is 38.3 Å². The van der Waals surface area contributed by atoms with Gasteiger partial charge in [0.1, 0.15) is 10.9 Å². The topological polar surface area (TPSA) is 90.3 Å². The van der Waals surface area contributed by atoms with Crippen LogP contribution in [0.1, 0.15) is 24.8 Å². The van der Waals surface area contributed by atoms with Gasteiger partial charge in [0.2, 0.25) is 15.9 Å². The maximum Gasteiger partial charge on any atom is 0.245 e. The fourth-order valence-corrected chi connectivity index (χ4v) is 4.70. The number of likely N-dealkylation sites (N-methyl/N-ethyl adjacent to an activating group) is 1. The molecule has 1 heterocycles. The van der Waals surface area contributed by atoms with E-state index in [0.717, 1.165) is 6.42 Å². The number of sulfonamides is 1. The third kappa shape index (κ3) is 3.09. The SMILES string of the molecule is CNC(=O)C1CCCCN1S(=O)(=O)c1ccc(C#N)cc1Cl. The summed E-state index contributed by atoms with van der Waals surface area (Å²) < 4.78 is 26.8. The number of rotatable bonds is 3. The van der Waals surface area contributed by atoms with E-state index >= 15 is 0 Å². The van der Waals surface area contributed by atoms with Crippen LogP contribution >= 0.6 is 11.6 Å². The van der Waals surface area contributed by atoms with Crippen LogP contribution in [0.2, 0.25) is 5.02 Å². The monoisotopic (exact) mass is 341 g/mol. The van der Waals surface area contributed by atoms with Crippen LogP contribution in [0.5, 0.6) is 0 Å². The lowest BCUT2D eigenvalue weighted by Crippen LogP contribution is -2.51. The molecular weight excluding hydrogens is 326 g/mol. The smallest absolute Gasteiger partial charge is 0.245 e. The molecule has 1 aliphatic rings. The average molecular weight is 342 g/mol. The Kier molecular flexibility index (Phi) is 5.06. The fraction of sp³-hybridized carbons (Fsp3) is 0.429. The van der Waals surface area contributed by atoms with Gasteiger partial charge in [0.05, 0.1) is 16.7 Å². The van der Waals surface area contributed by atoms with E-state index in [1.165, 1.54) is 29.6 Å². The molecule has 6 nitrogen and oxygen atoms in total. The van der Waals surface area contributed by atoms with Crippen LogP contribution < -0.4 is 5.32 Å². The molecule has 2 rings (SSSR count). The van der Waals surface area contributed by atoms with Gasteiger partial charge < -0.3 is 5.32 Å². The Morgan fingerprint density at radius 1 is 1.45 bits per heavy atom. The van der Waals surface area contributed by atoms with Crippen LogP contribution in [0.3, 0.4) is 0 Å². The predicted molar refractivity (Wildman–Crippen MR) is 81.8 cm³/mol. The average Bonchev–Trinajstić information content (AvgIpc) is 2.53. The van der Waals surface area contributed by atoms with Crippen molar-refractivity contribution >= 4 is 27.5 Å². The molecule has 0 spiro atoms. The molecule has 1 aliphatic heterocycles. The predicted octanol–water partition coefficient (Wildman–Crippen LogP) is 1.50. The minimum absolute atomic E-state index is 0.0136. The maximum atomic E-state index is 12.8. The molecular formula is C14H16ClN3O3S. The lowest BCUT2D eigenvalue weighted by atomic mass is 10.0. The van der Waals surface area contributed by atoms with Crippen LogP contribution in [0, 0.1) is 11.3 Å². The van der Waals surface area contributed by atoms with Crippen molar-refractivity contribution in [2.75, 3.05) is 13.6 Å². The Balaban J connectivity index is 2.44. The Morgan fingerprint density at radius 2 is 2.18 bits per heavy atom. The zero-order valence-corrected chi connectivity index (χ0v) is 13.6. The van der Waals surface area contributed by atoms with Crippen molar-refractivity contribution in [2.24, 2.45) is 0 Å². The number of carbonyl (C=O) groups is 1. The van der Waals surface area contributed by atoms with Gasteiger partial charge in [0.15, 0.2) is 0 Å². The largest absolute Gasteiger partial charge is 0.358 e. The van der Waals surface area contributed by atoms with E-state index in [9.17, 15) is 13.2 Å². The normalized spacial score (nSPS) is 19.4. The highest BCUT2D eigenvalue weighted by Gasteiger charge is 2.38. The summed E-state index contributed by atoms with van der Waals surface area (Å²) in [6.07, 6.45) is 1.97.